The number of piperidine rings is 1. The second-order valence-corrected chi connectivity index (χ2v) is 7.01. The second kappa shape index (κ2) is 6.77. The number of aromatic nitrogens is 2. The van der Waals surface area contributed by atoms with E-state index in [-0.39, 0.29) is 17.6 Å². The number of hydrogen-bond acceptors (Lipinski definition) is 4. The van der Waals surface area contributed by atoms with E-state index in [2.05, 4.69) is 10.2 Å². The van der Waals surface area contributed by atoms with Crippen LogP contribution in [0.5, 0.6) is 0 Å². The van der Waals surface area contributed by atoms with Gasteiger partial charge in [0, 0.05) is 38.1 Å². The van der Waals surface area contributed by atoms with Crippen molar-refractivity contribution in [1.29, 1.82) is 0 Å². The first kappa shape index (κ1) is 16.5. The van der Waals surface area contributed by atoms with Gasteiger partial charge in [0.15, 0.2) is 5.69 Å². The molecule has 2 fully saturated rings. The summed E-state index contributed by atoms with van der Waals surface area (Å²) >= 11 is 0. The number of likely N-dealkylation sites (tertiary alicyclic amines) is 1. The van der Waals surface area contributed by atoms with Crippen LogP contribution >= 0.6 is 0 Å². The first-order valence-corrected chi connectivity index (χ1v) is 9.19. The second-order valence-electron chi connectivity index (χ2n) is 7.01. The van der Waals surface area contributed by atoms with E-state index in [1.807, 2.05) is 36.1 Å². The number of benzene rings is 1. The quantitative estimate of drug-likeness (QED) is 0.930. The molecule has 134 valence electrons. The molecule has 0 aliphatic carbocycles. The highest BCUT2D eigenvalue weighted by atomic mass is 16.5. The van der Waals surface area contributed by atoms with Crippen LogP contribution in [0.2, 0.25) is 0 Å². The van der Waals surface area contributed by atoms with Crippen LogP contribution < -0.4 is 0 Å². The number of amides is 1. The topological polar surface area (TPSA) is 67.5 Å². The van der Waals surface area contributed by atoms with Crippen LogP contribution in [-0.2, 0) is 9.47 Å². The predicted molar refractivity (Wildman–Crippen MR) is 94.6 cm³/mol. The van der Waals surface area contributed by atoms with Gasteiger partial charge in [0.2, 0.25) is 0 Å². The number of para-hydroxylation sites is 1. The van der Waals surface area contributed by atoms with Crippen molar-refractivity contribution in [2.24, 2.45) is 0 Å². The number of fused-ring (bicyclic) bond motifs is 1. The van der Waals surface area contributed by atoms with Gasteiger partial charge in [-0.1, -0.05) is 18.2 Å². The minimum atomic E-state index is -0.123. The summed E-state index contributed by atoms with van der Waals surface area (Å²) in [7, 11) is 0. The Hall–Kier alpha value is -1.92. The fourth-order valence-electron chi connectivity index (χ4n) is 4.10. The van der Waals surface area contributed by atoms with Gasteiger partial charge in [-0.2, -0.15) is 5.10 Å². The minimum Gasteiger partial charge on any atom is -0.378 e. The van der Waals surface area contributed by atoms with E-state index in [9.17, 15) is 4.79 Å². The lowest BCUT2D eigenvalue weighted by Gasteiger charge is -2.45. The lowest BCUT2D eigenvalue weighted by atomic mass is 9.83. The first-order valence-electron chi connectivity index (χ1n) is 9.19. The maximum Gasteiger partial charge on any atom is 0.274 e. The lowest BCUT2D eigenvalue weighted by Crippen LogP contribution is -2.52. The van der Waals surface area contributed by atoms with Crippen molar-refractivity contribution in [1.82, 2.24) is 15.1 Å². The largest absolute Gasteiger partial charge is 0.378 e. The average molecular weight is 343 g/mol. The fraction of sp³-hybridized carbons (Fsp3) is 0.579. The van der Waals surface area contributed by atoms with E-state index in [4.69, 9.17) is 9.47 Å². The van der Waals surface area contributed by atoms with Crippen molar-refractivity contribution in [3.63, 3.8) is 0 Å². The number of nitrogens with one attached hydrogen (secondary N) is 1. The third kappa shape index (κ3) is 3.16. The number of carbonyl (C=O) groups excluding carboxylic acids is 1. The molecule has 1 N–H and O–H groups in total. The Bertz CT molecular complexity index is 747. The van der Waals surface area contributed by atoms with Crippen LogP contribution in [0.25, 0.3) is 10.9 Å². The predicted octanol–water partition coefficient (Wildman–Crippen LogP) is 2.75. The molecule has 2 aliphatic rings. The standard InChI is InChI=1S/C19H25N3O3/c1-2-24-14-7-12-25-19(13-14)8-10-22(11-9-19)18(23)17-15-5-3-4-6-16(15)20-21-17/h3-6,14H,2,7-13H2,1H3,(H,20,21). The van der Waals surface area contributed by atoms with E-state index in [0.717, 1.165) is 49.8 Å². The van der Waals surface area contributed by atoms with Crippen LogP contribution in [0, 0.1) is 0 Å². The highest BCUT2D eigenvalue weighted by Crippen LogP contribution is 2.36. The summed E-state index contributed by atoms with van der Waals surface area (Å²) in [6.45, 7) is 4.95. The van der Waals surface area contributed by atoms with Gasteiger partial charge in [-0.05, 0) is 32.3 Å². The molecule has 0 bridgehead atoms. The van der Waals surface area contributed by atoms with Gasteiger partial charge in [0.25, 0.3) is 5.91 Å². The van der Waals surface area contributed by atoms with Gasteiger partial charge < -0.3 is 14.4 Å². The zero-order valence-electron chi connectivity index (χ0n) is 14.7. The Kier molecular flexibility index (Phi) is 4.48. The van der Waals surface area contributed by atoms with Crippen molar-refractivity contribution in [3.8, 4) is 0 Å². The van der Waals surface area contributed by atoms with Crippen molar-refractivity contribution in [2.45, 2.75) is 44.3 Å². The Morgan fingerprint density at radius 1 is 1.40 bits per heavy atom. The van der Waals surface area contributed by atoms with Crippen LogP contribution in [0.15, 0.2) is 24.3 Å². The maximum atomic E-state index is 12.9. The number of nitrogens with zero attached hydrogens (tertiary/aromatic N) is 2. The summed E-state index contributed by atoms with van der Waals surface area (Å²) in [5.41, 5.74) is 1.29. The zero-order valence-corrected chi connectivity index (χ0v) is 14.7. The highest BCUT2D eigenvalue weighted by molar-refractivity contribution is 6.04. The molecule has 1 aromatic heterocycles. The summed E-state index contributed by atoms with van der Waals surface area (Å²) in [4.78, 5) is 14.8. The molecule has 4 rings (SSSR count). The fourth-order valence-corrected chi connectivity index (χ4v) is 4.10. The number of rotatable bonds is 3. The number of aromatic amines is 1. The summed E-state index contributed by atoms with van der Waals surface area (Å²) in [5.74, 6) is 0.00414. The SMILES string of the molecule is CCOC1CCOC2(CCN(C(=O)c3n[nH]c4ccccc34)CC2)C1. The van der Waals surface area contributed by atoms with Crippen LogP contribution in [0.3, 0.4) is 0 Å². The number of carbonyl (C=O) groups is 1. The summed E-state index contributed by atoms with van der Waals surface area (Å²) in [6, 6.07) is 7.75. The molecule has 0 radical (unpaired) electrons. The molecule has 2 saturated heterocycles. The molecule has 1 spiro atoms. The summed E-state index contributed by atoms with van der Waals surface area (Å²) in [5, 5.41) is 8.08. The third-order valence-electron chi connectivity index (χ3n) is 5.48. The van der Waals surface area contributed by atoms with Gasteiger partial charge in [-0.25, -0.2) is 0 Å². The van der Waals surface area contributed by atoms with Crippen LogP contribution in [0.1, 0.15) is 43.1 Å². The molecule has 0 saturated carbocycles. The molecule has 6 nitrogen and oxygen atoms in total. The van der Waals surface area contributed by atoms with Gasteiger partial charge in [0.1, 0.15) is 0 Å². The van der Waals surface area contributed by atoms with E-state index < -0.39 is 0 Å². The van der Waals surface area contributed by atoms with Gasteiger partial charge in [-0.3, -0.25) is 9.89 Å². The molecular weight excluding hydrogens is 318 g/mol. The smallest absolute Gasteiger partial charge is 0.274 e. The molecule has 1 atom stereocenters. The van der Waals surface area contributed by atoms with Crippen molar-refractivity contribution in [2.75, 3.05) is 26.3 Å². The molecule has 1 amide bonds. The van der Waals surface area contributed by atoms with Crippen molar-refractivity contribution < 1.29 is 14.3 Å². The van der Waals surface area contributed by atoms with E-state index in [1.165, 1.54) is 0 Å². The number of H-pyrrole nitrogens is 1. The maximum absolute atomic E-state index is 12.9. The number of hydrogen-bond donors (Lipinski definition) is 1. The molecule has 6 heteroatoms. The Morgan fingerprint density at radius 2 is 2.20 bits per heavy atom. The van der Waals surface area contributed by atoms with Gasteiger partial charge >= 0.3 is 0 Å². The Labute approximate surface area is 147 Å². The van der Waals surface area contributed by atoms with Gasteiger partial charge in [0.05, 0.1) is 17.2 Å². The molecular formula is C19H25N3O3. The minimum absolute atomic E-state index is 0.00414. The zero-order chi connectivity index (χ0) is 17.3. The highest BCUT2D eigenvalue weighted by Gasteiger charge is 2.41. The average Bonchev–Trinajstić information content (AvgIpc) is 3.06. The number of ether oxygens (including phenoxy) is 2. The van der Waals surface area contributed by atoms with Crippen molar-refractivity contribution in [3.05, 3.63) is 30.0 Å². The molecule has 3 heterocycles. The molecule has 25 heavy (non-hydrogen) atoms. The van der Waals surface area contributed by atoms with Crippen molar-refractivity contribution >= 4 is 16.8 Å². The molecule has 1 aromatic carbocycles. The van der Waals surface area contributed by atoms with E-state index in [0.29, 0.717) is 18.8 Å². The normalized spacial score (nSPS) is 23.2. The lowest BCUT2D eigenvalue weighted by molar-refractivity contribution is -0.151. The first-order chi connectivity index (χ1) is 12.2. The van der Waals surface area contributed by atoms with Gasteiger partial charge in [-0.15, -0.1) is 0 Å². The Balaban J connectivity index is 1.44. The molecule has 2 aromatic rings. The van der Waals surface area contributed by atoms with E-state index >= 15 is 0 Å². The summed E-state index contributed by atoms with van der Waals surface area (Å²) < 4.78 is 11.9. The third-order valence-corrected chi connectivity index (χ3v) is 5.48. The monoisotopic (exact) mass is 343 g/mol. The van der Waals surface area contributed by atoms with Crippen LogP contribution in [-0.4, -0.2) is 59.0 Å². The molecule has 2 aliphatic heterocycles. The Morgan fingerprint density at radius 3 is 3.00 bits per heavy atom. The van der Waals surface area contributed by atoms with Crippen LogP contribution in [0.4, 0.5) is 0 Å². The summed E-state index contributed by atoms with van der Waals surface area (Å²) in [6.07, 6.45) is 3.93. The van der Waals surface area contributed by atoms with E-state index in [1.54, 1.807) is 0 Å². The molecule has 1 unspecified atom stereocenters.